The molecule has 0 spiro atoms. The lowest BCUT2D eigenvalue weighted by molar-refractivity contribution is 0.158. The number of guanidine groups is 1. The summed E-state index contributed by atoms with van der Waals surface area (Å²) in [4.78, 5) is 6.70. The minimum Gasteiger partial charge on any atom is -0.497 e. The molecule has 1 atom stereocenters. The van der Waals surface area contributed by atoms with Crippen LogP contribution in [-0.2, 0) is 5.54 Å². The molecule has 1 aliphatic heterocycles. The van der Waals surface area contributed by atoms with Crippen LogP contribution in [-0.4, -0.2) is 30.6 Å². The maximum atomic E-state index is 6.08. The Kier molecular flexibility index (Phi) is 3.69. The SMILES string of the molecule is CCC1(c2ccc(OC)cc2)CN=C(N)N1C(C)C. The number of hydrogen-bond acceptors (Lipinski definition) is 4. The van der Waals surface area contributed by atoms with Crippen LogP contribution in [0.5, 0.6) is 5.75 Å². The van der Waals surface area contributed by atoms with Crippen molar-refractivity contribution in [3.63, 3.8) is 0 Å². The number of nitrogens with zero attached hydrogens (tertiary/aromatic N) is 2. The van der Waals surface area contributed by atoms with Gasteiger partial charge in [-0.25, -0.2) is 0 Å². The van der Waals surface area contributed by atoms with Crippen LogP contribution in [0.15, 0.2) is 29.3 Å². The fourth-order valence-corrected chi connectivity index (χ4v) is 2.96. The van der Waals surface area contributed by atoms with Crippen LogP contribution in [0.3, 0.4) is 0 Å². The zero-order valence-electron chi connectivity index (χ0n) is 12.2. The van der Waals surface area contributed by atoms with E-state index in [1.807, 2.05) is 12.1 Å². The van der Waals surface area contributed by atoms with Crippen LogP contribution in [0.25, 0.3) is 0 Å². The van der Waals surface area contributed by atoms with Gasteiger partial charge in [-0.05, 0) is 38.0 Å². The second-order valence-corrected chi connectivity index (χ2v) is 5.25. The van der Waals surface area contributed by atoms with Gasteiger partial charge in [0.25, 0.3) is 0 Å². The highest BCUT2D eigenvalue weighted by atomic mass is 16.5. The Bertz CT molecular complexity index is 467. The first-order valence-electron chi connectivity index (χ1n) is 6.79. The molecule has 0 amide bonds. The zero-order valence-corrected chi connectivity index (χ0v) is 12.2. The molecule has 19 heavy (non-hydrogen) atoms. The Morgan fingerprint density at radius 2 is 2.00 bits per heavy atom. The van der Waals surface area contributed by atoms with E-state index in [4.69, 9.17) is 10.5 Å². The Balaban J connectivity index is 2.42. The van der Waals surface area contributed by atoms with E-state index in [0.29, 0.717) is 12.0 Å². The zero-order chi connectivity index (χ0) is 14.0. The molecule has 4 heteroatoms. The van der Waals surface area contributed by atoms with Gasteiger partial charge in [0.1, 0.15) is 5.75 Å². The summed E-state index contributed by atoms with van der Waals surface area (Å²) >= 11 is 0. The number of methoxy groups -OCH3 is 1. The highest BCUT2D eigenvalue weighted by Crippen LogP contribution is 2.38. The maximum absolute atomic E-state index is 6.08. The van der Waals surface area contributed by atoms with Crippen LogP contribution >= 0.6 is 0 Å². The quantitative estimate of drug-likeness (QED) is 0.905. The van der Waals surface area contributed by atoms with Crippen LogP contribution in [0.2, 0.25) is 0 Å². The molecule has 1 aromatic carbocycles. The first kappa shape index (κ1) is 13.7. The van der Waals surface area contributed by atoms with E-state index in [0.717, 1.165) is 18.7 Å². The molecule has 2 N–H and O–H groups in total. The summed E-state index contributed by atoms with van der Waals surface area (Å²) in [7, 11) is 1.68. The smallest absolute Gasteiger partial charge is 0.192 e. The molecule has 0 aromatic heterocycles. The molecular weight excluding hydrogens is 238 g/mol. The van der Waals surface area contributed by atoms with Crippen molar-refractivity contribution in [2.45, 2.75) is 38.8 Å². The molecule has 4 nitrogen and oxygen atoms in total. The molecule has 1 aliphatic rings. The predicted octanol–water partition coefficient (Wildman–Crippen LogP) is 2.34. The lowest BCUT2D eigenvalue weighted by atomic mass is 9.85. The molecule has 0 saturated heterocycles. The molecule has 1 heterocycles. The van der Waals surface area contributed by atoms with E-state index >= 15 is 0 Å². The van der Waals surface area contributed by atoms with Crippen molar-refractivity contribution in [3.8, 4) is 5.75 Å². The van der Waals surface area contributed by atoms with Gasteiger partial charge < -0.3 is 15.4 Å². The average molecular weight is 261 g/mol. The third kappa shape index (κ3) is 2.15. The molecule has 0 aliphatic carbocycles. The summed E-state index contributed by atoms with van der Waals surface area (Å²) in [6.45, 7) is 7.22. The summed E-state index contributed by atoms with van der Waals surface area (Å²) < 4.78 is 5.23. The average Bonchev–Trinajstić information content (AvgIpc) is 2.77. The summed E-state index contributed by atoms with van der Waals surface area (Å²) in [5.74, 6) is 1.52. The monoisotopic (exact) mass is 261 g/mol. The van der Waals surface area contributed by atoms with Gasteiger partial charge in [-0.2, -0.15) is 0 Å². The van der Waals surface area contributed by atoms with E-state index in [1.165, 1.54) is 5.56 Å². The van der Waals surface area contributed by atoms with Crippen molar-refractivity contribution in [2.24, 2.45) is 10.7 Å². The second kappa shape index (κ2) is 5.11. The van der Waals surface area contributed by atoms with Crippen molar-refractivity contribution in [1.82, 2.24) is 4.90 Å². The van der Waals surface area contributed by atoms with Crippen LogP contribution < -0.4 is 10.5 Å². The normalized spacial score (nSPS) is 22.8. The fraction of sp³-hybridized carbons (Fsp3) is 0.533. The Morgan fingerprint density at radius 3 is 2.47 bits per heavy atom. The minimum absolute atomic E-state index is 0.121. The number of aliphatic imine (C=N–C) groups is 1. The van der Waals surface area contributed by atoms with E-state index in [1.54, 1.807) is 7.11 Å². The lowest BCUT2D eigenvalue weighted by Gasteiger charge is -2.42. The number of nitrogens with two attached hydrogens (primary N) is 1. The first-order chi connectivity index (χ1) is 9.05. The number of rotatable bonds is 4. The van der Waals surface area contributed by atoms with Crippen molar-refractivity contribution in [2.75, 3.05) is 13.7 Å². The standard InChI is InChI=1S/C15H23N3O/c1-5-15(10-17-14(16)18(15)11(2)3)12-6-8-13(19-4)9-7-12/h6-9,11H,5,10H2,1-4H3,(H2,16,17). The van der Waals surface area contributed by atoms with E-state index in [-0.39, 0.29) is 5.54 Å². The van der Waals surface area contributed by atoms with E-state index in [9.17, 15) is 0 Å². The summed E-state index contributed by atoms with van der Waals surface area (Å²) in [5, 5.41) is 0. The Hall–Kier alpha value is -1.71. The molecule has 0 bridgehead atoms. The third-order valence-corrected chi connectivity index (χ3v) is 3.94. The molecule has 104 valence electrons. The van der Waals surface area contributed by atoms with Gasteiger partial charge in [-0.1, -0.05) is 19.1 Å². The molecule has 1 unspecified atom stereocenters. The number of benzene rings is 1. The summed E-state index contributed by atoms with van der Waals surface area (Å²) in [5.41, 5.74) is 7.20. The van der Waals surface area contributed by atoms with E-state index in [2.05, 4.69) is 42.8 Å². The summed E-state index contributed by atoms with van der Waals surface area (Å²) in [6, 6.07) is 8.56. The third-order valence-electron chi connectivity index (χ3n) is 3.94. The molecular formula is C15H23N3O. The van der Waals surface area contributed by atoms with Gasteiger partial charge in [0.2, 0.25) is 0 Å². The van der Waals surface area contributed by atoms with Gasteiger partial charge in [-0.15, -0.1) is 0 Å². The van der Waals surface area contributed by atoms with Crippen molar-refractivity contribution < 1.29 is 4.74 Å². The largest absolute Gasteiger partial charge is 0.497 e. The van der Waals surface area contributed by atoms with Crippen LogP contribution in [0.1, 0.15) is 32.8 Å². The Labute approximate surface area is 115 Å². The number of ether oxygens (including phenoxy) is 1. The van der Waals surface area contributed by atoms with Crippen molar-refractivity contribution in [3.05, 3.63) is 29.8 Å². The highest BCUT2D eigenvalue weighted by Gasteiger charge is 2.43. The van der Waals surface area contributed by atoms with Crippen molar-refractivity contribution >= 4 is 5.96 Å². The van der Waals surface area contributed by atoms with Gasteiger partial charge in [-0.3, -0.25) is 4.99 Å². The molecule has 2 rings (SSSR count). The van der Waals surface area contributed by atoms with E-state index < -0.39 is 0 Å². The molecule has 0 fully saturated rings. The summed E-state index contributed by atoms with van der Waals surface area (Å²) in [6.07, 6.45) is 0.974. The molecule has 0 saturated carbocycles. The van der Waals surface area contributed by atoms with Crippen LogP contribution in [0, 0.1) is 0 Å². The van der Waals surface area contributed by atoms with Crippen molar-refractivity contribution in [1.29, 1.82) is 0 Å². The molecule has 0 radical (unpaired) electrons. The van der Waals surface area contributed by atoms with Gasteiger partial charge >= 0.3 is 0 Å². The van der Waals surface area contributed by atoms with Gasteiger partial charge in [0, 0.05) is 6.04 Å². The lowest BCUT2D eigenvalue weighted by Crippen LogP contribution is -2.52. The highest BCUT2D eigenvalue weighted by molar-refractivity contribution is 5.81. The van der Waals surface area contributed by atoms with Crippen LogP contribution in [0.4, 0.5) is 0 Å². The predicted molar refractivity (Wildman–Crippen MR) is 78.4 cm³/mol. The first-order valence-corrected chi connectivity index (χ1v) is 6.79. The fourth-order valence-electron chi connectivity index (χ4n) is 2.96. The minimum atomic E-state index is -0.121. The Morgan fingerprint density at radius 1 is 1.37 bits per heavy atom. The number of hydrogen-bond donors (Lipinski definition) is 1. The van der Waals surface area contributed by atoms with Gasteiger partial charge in [0.15, 0.2) is 5.96 Å². The maximum Gasteiger partial charge on any atom is 0.192 e. The topological polar surface area (TPSA) is 50.9 Å². The second-order valence-electron chi connectivity index (χ2n) is 5.25. The molecule has 1 aromatic rings. The van der Waals surface area contributed by atoms with Gasteiger partial charge in [0.05, 0.1) is 19.2 Å².